The number of hydrogen-bond acceptors (Lipinski definition) is 0. The van der Waals surface area contributed by atoms with Gasteiger partial charge in [-0.2, -0.15) is 13.2 Å². The third kappa shape index (κ3) is 37.4. The van der Waals surface area contributed by atoms with Gasteiger partial charge >= 0.3 is 6.18 Å². The summed E-state index contributed by atoms with van der Waals surface area (Å²) in [6, 6.07) is 0. The predicted molar refractivity (Wildman–Crippen MR) is 379 cm³/mol. The van der Waals surface area contributed by atoms with Crippen LogP contribution in [0.3, 0.4) is 0 Å². The molecule has 0 N–H and O–H groups in total. The second-order valence-corrected chi connectivity index (χ2v) is 33.6. The summed E-state index contributed by atoms with van der Waals surface area (Å²) >= 11 is 0. The van der Waals surface area contributed by atoms with Crippen LogP contribution >= 0.6 is 0 Å². The summed E-state index contributed by atoms with van der Waals surface area (Å²) in [7, 11) is 0. The largest absolute Gasteiger partial charge is 0.393 e. The van der Waals surface area contributed by atoms with E-state index in [4.69, 9.17) is 0 Å². The van der Waals surface area contributed by atoms with Crippen molar-refractivity contribution in [2.45, 2.75) is 430 Å². The Morgan fingerprint density at radius 3 is 0.742 bits per heavy atom. The molecule has 2 aliphatic rings. The fourth-order valence-electron chi connectivity index (χ4n) is 14.0. The minimum absolute atomic E-state index is 0.123. The van der Waals surface area contributed by atoms with E-state index in [1.165, 1.54) is 6.42 Å². The Hall–Kier alpha value is -0.700. The van der Waals surface area contributed by atoms with Gasteiger partial charge in [0.25, 0.3) is 0 Å². The number of halogens is 10. The van der Waals surface area contributed by atoms with Crippen LogP contribution in [0.4, 0.5) is 43.9 Å². The Labute approximate surface area is 552 Å². The minimum Gasteiger partial charge on any atom is -0.244 e. The van der Waals surface area contributed by atoms with Crippen molar-refractivity contribution in [1.82, 2.24) is 0 Å². The van der Waals surface area contributed by atoms with Crippen LogP contribution in [0, 0.1) is 80.8 Å². The molecule has 0 aromatic rings. The molecule has 0 nitrogen and oxygen atoms in total. The molecule has 0 radical (unpaired) electrons. The molecule has 2 saturated carbocycles. The van der Waals surface area contributed by atoms with Gasteiger partial charge in [0, 0.05) is 10.8 Å². The molecule has 0 saturated heterocycles. The van der Waals surface area contributed by atoms with E-state index in [2.05, 4.69) is 138 Å². The van der Waals surface area contributed by atoms with Crippen LogP contribution in [0.25, 0.3) is 0 Å². The fraction of sp³-hybridized carbons (Fsp3) is 1.00. The van der Waals surface area contributed by atoms with Gasteiger partial charge in [-0.1, -0.05) is 259 Å². The van der Waals surface area contributed by atoms with Crippen molar-refractivity contribution in [3.05, 3.63) is 0 Å². The first-order chi connectivity index (χ1) is 39.7. The van der Waals surface area contributed by atoms with E-state index in [0.717, 1.165) is 136 Å². The summed E-state index contributed by atoms with van der Waals surface area (Å²) in [5.41, 5.74) is -8.29. The Kier molecular flexibility index (Phi) is 48.5. The van der Waals surface area contributed by atoms with Gasteiger partial charge in [-0.3, -0.25) is 0 Å². The van der Waals surface area contributed by atoms with Crippen LogP contribution in [0.2, 0.25) is 0 Å². The summed E-state index contributed by atoms with van der Waals surface area (Å²) in [6.07, 6.45) is 15.3. The SMILES string of the molecule is CC(C)(C)C(F)(F)F.CC(C)C(C(C)C)C(C)(F)C(C(C)C)C(C)C.CC(C)C(C)(F)C(C)C.CC1(C)CCC(C)(F)CC1.CC1(F)CCCCC1.CCC(C)(CC)C(C)(F)C(C)(CC)CC.CCC(CC)C(C)(F)C(CC)CC.CCCC(C)(F)CCC. The van der Waals surface area contributed by atoms with Gasteiger partial charge in [0.05, 0.1) is 5.41 Å². The lowest BCUT2D eigenvalue weighted by atomic mass is 9.57. The van der Waals surface area contributed by atoms with E-state index < -0.39 is 51.3 Å². The Morgan fingerprint density at radius 2 is 0.596 bits per heavy atom. The highest BCUT2D eigenvalue weighted by atomic mass is 19.4. The van der Waals surface area contributed by atoms with Gasteiger partial charge in [0.1, 0.15) is 39.7 Å². The highest BCUT2D eigenvalue weighted by Crippen LogP contribution is 2.54. The monoisotopic (exact) mass is 1300 g/mol. The number of alkyl halides is 10. The second kappa shape index (κ2) is 43.5. The third-order valence-electron chi connectivity index (χ3n) is 22.3. The molecule has 546 valence electrons. The van der Waals surface area contributed by atoms with Crippen molar-refractivity contribution >= 4 is 0 Å². The Bertz CT molecular complexity index is 1530. The molecule has 0 unspecified atom stereocenters. The summed E-state index contributed by atoms with van der Waals surface area (Å²) in [5.74, 6) is 2.56. The van der Waals surface area contributed by atoms with Crippen LogP contribution in [0.5, 0.6) is 0 Å². The molecule has 89 heavy (non-hydrogen) atoms. The van der Waals surface area contributed by atoms with Gasteiger partial charge in [-0.05, 0) is 190 Å². The van der Waals surface area contributed by atoms with Crippen molar-refractivity contribution < 1.29 is 43.9 Å². The fourth-order valence-corrected chi connectivity index (χ4v) is 14.0. The summed E-state index contributed by atoms with van der Waals surface area (Å²) in [4.78, 5) is 0. The van der Waals surface area contributed by atoms with E-state index >= 15 is 8.78 Å². The molecule has 0 bridgehead atoms. The molecule has 0 atom stereocenters. The summed E-state index contributed by atoms with van der Waals surface area (Å²) < 4.78 is 132. The molecule has 0 aromatic carbocycles. The van der Waals surface area contributed by atoms with Crippen molar-refractivity contribution in [1.29, 1.82) is 0 Å². The Balaban J connectivity index is -0.000000224. The number of hydrogen-bond donors (Lipinski definition) is 0. The van der Waals surface area contributed by atoms with Crippen molar-refractivity contribution in [2.75, 3.05) is 0 Å². The molecular weight excluding hydrogens is 1140 g/mol. The quantitative estimate of drug-likeness (QED) is 0.0845. The molecule has 2 fully saturated rings. The van der Waals surface area contributed by atoms with Gasteiger partial charge in [-0.15, -0.1) is 0 Å². The first-order valence-corrected chi connectivity index (χ1v) is 36.6. The van der Waals surface area contributed by atoms with Crippen LogP contribution in [0.1, 0.15) is 384 Å². The normalized spacial score (nSPS) is 16.7. The van der Waals surface area contributed by atoms with Crippen molar-refractivity contribution in [3.8, 4) is 0 Å². The first-order valence-electron chi connectivity index (χ1n) is 36.6. The lowest BCUT2D eigenvalue weighted by molar-refractivity contribution is -0.204. The van der Waals surface area contributed by atoms with Gasteiger partial charge < -0.3 is 0 Å². The van der Waals surface area contributed by atoms with Gasteiger partial charge in [0.15, 0.2) is 0 Å². The minimum atomic E-state index is -4.06. The van der Waals surface area contributed by atoms with E-state index in [1.807, 2.05) is 55.4 Å². The molecule has 2 aliphatic carbocycles. The molecule has 0 spiro atoms. The maximum absolute atomic E-state index is 15.4. The molecule has 0 aromatic heterocycles. The highest BCUT2D eigenvalue weighted by Gasteiger charge is 2.53. The van der Waals surface area contributed by atoms with Crippen molar-refractivity contribution in [2.24, 2.45) is 80.8 Å². The standard InChI is InChI=1S/C16H33F.C14H29F.C12H25F.C9H17F.2C8H17F.C7H13F.C5H9F3/c1-10(2)14(11(3)4)16(9,17)15(12(5)6)13(7)8;1-8-12(5,9-2)14(7,15)13(6,10-3)11-4;1-6-10(7-2)12(5,13)11(8-3)9-4;1-8(2)4-6-9(3,10)7-5-8;1-6(2)8(5,9)7(3)4;1-4-6-8(3,9)7-5-2;1-7(8)5-3-2-4-6-7;1-4(2,3)5(6,7)8/h10-15H,1-9H3;8-11H2,1-7H3;10-11H,6-9H2,1-5H3;4-7H2,1-3H3;6-7H,1-5H3;4-7H2,1-3H3;2-6H2,1H3;1-3H3. The number of rotatable bonds is 24. The van der Waals surface area contributed by atoms with Crippen molar-refractivity contribution in [3.63, 3.8) is 0 Å². The lowest BCUT2D eigenvalue weighted by Crippen LogP contribution is -2.51. The van der Waals surface area contributed by atoms with Crippen LogP contribution in [-0.2, 0) is 0 Å². The lowest BCUT2D eigenvalue weighted by Gasteiger charge is -2.51. The van der Waals surface area contributed by atoms with E-state index in [9.17, 15) is 35.1 Å². The first kappa shape index (κ1) is 99.4. The zero-order chi connectivity index (χ0) is 72.6. The van der Waals surface area contributed by atoms with E-state index in [1.54, 1.807) is 34.6 Å². The van der Waals surface area contributed by atoms with Crippen LogP contribution < -0.4 is 0 Å². The van der Waals surface area contributed by atoms with Gasteiger partial charge in [0.2, 0.25) is 0 Å². The summed E-state index contributed by atoms with van der Waals surface area (Å²) in [5, 5.41) is 0. The Morgan fingerprint density at radius 1 is 0.348 bits per heavy atom. The van der Waals surface area contributed by atoms with E-state index in [0.29, 0.717) is 41.9 Å². The third-order valence-corrected chi connectivity index (χ3v) is 22.3. The van der Waals surface area contributed by atoms with E-state index in [-0.39, 0.29) is 46.3 Å². The topological polar surface area (TPSA) is 0 Å². The van der Waals surface area contributed by atoms with Gasteiger partial charge in [-0.25, -0.2) is 30.7 Å². The molecule has 0 amide bonds. The molecular formula is C79H160F10. The average molecular weight is 1300 g/mol. The van der Waals surface area contributed by atoms with Crippen LogP contribution in [-0.4, -0.2) is 45.9 Å². The smallest absolute Gasteiger partial charge is 0.244 e. The van der Waals surface area contributed by atoms with Crippen LogP contribution in [0.15, 0.2) is 0 Å². The average Bonchev–Trinajstić information content (AvgIpc) is 3.37. The maximum Gasteiger partial charge on any atom is 0.393 e. The predicted octanol–water partition coefficient (Wildman–Crippen LogP) is 30.5. The molecule has 2 rings (SSSR count). The molecule has 10 heteroatoms. The summed E-state index contributed by atoms with van der Waals surface area (Å²) in [6.45, 7) is 70.0. The maximum atomic E-state index is 15.4. The highest BCUT2D eigenvalue weighted by molar-refractivity contribution is 5.02. The molecule has 0 aliphatic heterocycles. The zero-order valence-electron chi connectivity index (χ0n) is 66.4. The molecule has 0 heterocycles. The zero-order valence-corrected chi connectivity index (χ0v) is 66.4. The second-order valence-electron chi connectivity index (χ2n) is 33.6.